The maximum Gasteiger partial charge on any atom is 0.144 e. The third kappa shape index (κ3) is 2.51. The summed E-state index contributed by atoms with van der Waals surface area (Å²) in [5.41, 5.74) is 0.384. The zero-order chi connectivity index (χ0) is 12.5. The molecule has 1 N–H and O–H groups in total. The number of nitrogens with one attached hydrogen (secondary N) is 1. The zero-order valence-electron chi connectivity index (χ0n) is 11.4. The number of nitrogens with zero attached hydrogens (tertiary/aromatic N) is 3. The van der Waals surface area contributed by atoms with Gasteiger partial charge in [-0.2, -0.15) is 5.10 Å². The number of hydrogen-bond donors (Lipinski definition) is 1. The molecule has 4 nitrogen and oxygen atoms in total. The Bertz CT molecular complexity index is 365. The van der Waals surface area contributed by atoms with Crippen LogP contribution in [0.3, 0.4) is 0 Å². The lowest BCUT2D eigenvalue weighted by Crippen LogP contribution is -2.32. The molecule has 1 aliphatic rings. The molecule has 0 aromatic carbocycles. The summed E-state index contributed by atoms with van der Waals surface area (Å²) in [7, 11) is 0. The van der Waals surface area contributed by atoms with Crippen molar-refractivity contribution in [2.24, 2.45) is 5.41 Å². The van der Waals surface area contributed by atoms with Crippen LogP contribution in [-0.4, -0.2) is 21.3 Å². The summed E-state index contributed by atoms with van der Waals surface area (Å²) in [6.07, 6.45) is 5.42. The van der Waals surface area contributed by atoms with Crippen molar-refractivity contribution in [1.82, 2.24) is 20.1 Å². The Kier molecular flexibility index (Phi) is 3.52. The molecule has 0 amide bonds. The lowest BCUT2D eigenvalue weighted by Gasteiger charge is -2.25. The van der Waals surface area contributed by atoms with Crippen molar-refractivity contribution < 1.29 is 0 Å². The number of rotatable bonds is 6. The molecule has 1 aliphatic carbocycles. The molecule has 2 rings (SSSR count). The first kappa shape index (κ1) is 12.6. The molecular weight excluding hydrogens is 212 g/mol. The SMILES string of the molecule is CCCNC(c1ncnn1C(C)C)C1(C)CC1. The Morgan fingerprint density at radius 2 is 2.18 bits per heavy atom. The van der Waals surface area contributed by atoms with Gasteiger partial charge in [0, 0.05) is 6.04 Å². The molecule has 17 heavy (non-hydrogen) atoms. The summed E-state index contributed by atoms with van der Waals surface area (Å²) < 4.78 is 2.05. The Balaban J connectivity index is 2.22. The summed E-state index contributed by atoms with van der Waals surface area (Å²) >= 11 is 0. The van der Waals surface area contributed by atoms with Crippen LogP contribution in [0.2, 0.25) is 0 Å². The third-order valence-corrected chi connectivity index (χ3v) is 3.68. The number of aromatic nitrogens is 3. The van der Waals surface area contributed by atoms with Crippen molar-refractivity contribution in [3.63, 3.8) is 0 Å². The maximum absolute atomic E-state index is 4.49. The molecule has 1 fully saturated rings. The van der Waals surface area contributed by atoms with E-state index in [-0.39, 0.29) is 0 Å². The molecule has 1 heterocycles. The van der Waals surface area contributed by atoms with Gasteiger partial charge in [0.1, 0.15) is 12.2 Å². The normalized spacial score (nSPS) is 19.6. The fourth-order valence-electron chi connectivity index (χ4n) is 2.29. The van der Waals surface area contributed by atoms with E-state index in [0.717, 1.165) is 18.8 Å². The van der Waals surface area contributed by atoms with E-state index in [4.69, 9.17) is 0 Å². The third-order valence-electron chi connectivity index (χ3n) is 3.68. The predicted molar refractivity (Wildman–Crippen MR) is 68.8 cm³/mol. The molecule has 1 atom stereocenters. The topological polar surface area (TPSA) is 42.7 Å². The summed E-state index contributed by atoms with van der Waals surface area (Å²) in [6, 6.07) is 0.730. The summed E-state index contributed by atoms with van der Waals surface area (Å²) in [4.78, 5) is 4.49. The van der Waals surface area contributed by atoms with Crippen LogP contribution in [0.5, 0.6) is 0 Å². The van der Waals surface area contributed by atoms with E-state index in [1.54, 1.807) is 6.33 Å². The average molecular weight is 236 g/mol. The van der Waals surface area contributed by atoms with Crippen LogP contribution in [-0.2, 0) is 0 Å². The summed E-state index contributed by atoms with van der Waals surface area (Å²) in [6.45, 7) is 9.91. The highest BCUT2D eigenvalue weighted by Crippen LogP contribution is 2.54. The molecule has 1 unspecified atom stereocenters. The molecule has 0 bridgehead atoms. The molecule has 0 aliphatic heterocycles. The van der Waals surface area contributed by atoms with E-state index >= 15 is 0 Å². The van der Waals surface area contributed by atoms with Gasteiger partial charge in [-0.3, -0.25) is 0 Å². The Hall–Kier alpha value is -0.900. The van der Waals surface area contributed by atoms with Gasteiger partial charge in [-0.1, -0.05) is 13.8 Å². The fourth-order valence-corrected chi connectivity index (χ4v) is 2.29. The van der Waals surface area contributed by atoms with Crippen molar-refractivity contribution in [2.75, 3.05) is 6.54 Å². The molecule has 0 saturated heterocycles. The Labute approximate surface area is 104 Å². The van der Waals surface area contributed by atoms with Crippen LogP contribution in [0, 0.1) is 5.41 Å². The van der Waals surface area contributed by atoms with Gasteiger partial charge in [-0.05, 0) is 45.1 Å². The zero-order valence-corrected chi connectivity index (χ0v) is 11.4. The average Bonchev–Trinajstić information content (AvgIpc) is 2.84. The first-order chi connectivity index (χ1) is 8.08. The van der Waals surface area contributed by atoms with Crippen molar-refractivity contribution in [2.45, 2.75) is 59.0 Å². The van der Waals surface area contributed by atoms with E-state index in [1.165, 1.54) is 12.8 Å². The van der Waals surface area contributed by atoms with Gasteiger partial charge in [-0.15, -0.1) is 0 Å². The minimum absolute atomic E-state index is 0.354. The second-order valence-electron chi connectivity index (χ2n) is 5.70. The van der Waals surface area contributed by atoms with Crippen LogP contribution in [0.25, 0.3) is 0 Å². The second-order valence-corrected chi connectivity index (χ2v) is 5.70. The first-order valence-electron chi connectivity index (χ1n) is 6.71. The van der Waals surface area contributed by atoms with E-state index in [2.05, 4.69) is 47.8 Å². The molecular formula is C13H24N4. The fraction of sp³-hybridized carbons (Fsp3) is 0.846. The van der Waals surface area contributed by atoms with Crippen molar-refractivity contribution >= 4 is 0 Å². The quantitative estimate of drug-likeness (QED) is 0.825. The monoisotopic (exact) mass is 236 g/mol. The molecule has 1 aromatic rings. The molecule has 1 aromatic heterocycles. The second kappa shape index (κ2) is 4.77. The summed E-state index contributed by atoms with van der Waals surface area (Å²) in [5.74, 6) is 1.11. The van der Waals surface area contributed by atoms with Gasteiger partial charge in [0.2, 0.25) is 0 Å². The lowest BCUT2D eigenvalue weighted by atomic mass is 9.97. The van der Waals surface area contributed by atoms with Crippen molar-refractivity contribution in [1.29, 1.82) is 0 Å². The molecule has 1 saturated carbocycles. The minimum Gasteiger partial charge on any atom is -0.307 e. The van der Waals surface area contributed by atoms with Crippen LogP contribution >= 0.6 is 0 Å². The van der Waals surface area contributed by atoms with Gasteiger partial charge in [0.25, 0.3) is 0 Å². The smallest absolute Gasteiger partial charge is 0.144 e. The molecule has 0 spiro atoms. The summed E-state index contributed by atoms with van der Waals surface area (Å²) in [5, 5.41) is 8.00. The van der Waals surface area contributed by atoms with Crippen molar-refractivity contribution in [3.05, 3.63) is 12.2 Å². The van der Waals surface area contributed by atoms with Crippen molar-refractivity contribution in [3.8, 4) is 0 Å². The van der Waals surface area contributed by atoms with E-state index in [1.807, 2.05) is 0 Å². The predicted octanol–water partition coefficient (Wildman–Crippen LogP) is 2.70. The van der Waals surface area contributed by atoms with Gasteiger partial charge in [-0.25, -0.2) is 9.67 Å². The standard InChI is InChI=1S/C13H24N4/c1-5-8-14-11(13(4)6-7-13)12-15-9-16-17(12)10(2)3/h9-11,14H,5-8H2,1-4H3. The highest BCUT2D eigenvalue weighted by Gasteiger charge is 2.47. The van der Waals surface area contributed by atoms with Crippen LogP contribution < -0.4 is 5.32 Å². The lowest BCUT2D eigenvalue weighted by molar-refractivity contribution is 0.327. The Morgan fingerprint density at radius 1 is 1.47 bits per heavy atom. The van der Waals surface area contributed by atoms with Gasteiger partial charge in [0.05, 0.1) is 6.04 Å². The Morgan fingerprint density at radius 3 is 2.71 bits per heavy atom. The van der Waals surface area contributed by atoms with Crippen LogP contribution in [0.15, 0.2) is 6.33 Å². The highest BCUT2D eigenvalue weighted by molar-refractivity contribution is 5.09. The largest absolute Gasteiger partial charge is 0.307 e. The van der Waals surface area contributed by atoms with Crippen LogP contribution in [0.4, 0.5) is 0 Å². The highest BCUT2D eigenvalue weighted by atomic mass is 15.4. The minimum atomic E-state index is 0.354. The molecule has 96 valence electrons. The molecule has 0 radical (unpaired) electrons. The maximum atomic E-state index is 4.49. The van der Waals surface area contributed by atoms with Gasteiger partial charge < -0.3 is 5.32 Å². The van der Waals surface area contributed by atoms with Gasteiger partial charge in [0.15, 0.2) is 0 Å². The van der Waals surface area contributed by atoms with Crippen LogP contribution in [0.1, 0.15) is 64.9 Å². The molecule has 4 heteroatoms. The first-order valence-corrected chi connectivity index (χ1v) is 6.71. The van der Waals surface area contributed by atoms with E-state index in [9.17, 15) is 0 Å². The van der Waals surface area contributed by atoms with E-state index < -0.39 is 0 Å². The number of hydrogen-bond acceptors (Lipinski definition) is 3. The van der Waals surface area contributed by atoms with E-state index in [0.29, 0.717) is 17.5 Å². The van der Waals surface area contributed by atoms with Gasteiger partial charge >= 0.3 is 0 Å².